The maximum atomic E-state index is 13.2. The second-order valence-corrected chi connectivity index (χ2v) is 14.1. The number of nitrogens with one attached hydrogen (secondary N) is 3. The lowest BCUT2D eigenvalue weighted by molar-refractivity contribution is 0.102. The lowest BCUT2D eigenvalue weighted by Crippen LogP contribution is -2.28. The molecule has 10 heteroatoms. The summed E-state index contributed by atoms with van der Waals surface area (Å²) < 4.78 is 7.79. The molecule has 0 aliphatic rings. The van der Waals surface area contributed by atoms with Crippen LogP contribution < -0.4 is 20.9 Å². The number of aromatic nitrogens is 2. The summed E-state index contributed by atoms with van der Waals surface area (Å²) in [6.45, 7) is 16.2. The smallest absolute Gasteiger partial charge is 0.273 e. The molecule has 246 valence electrons. The molecule has 4 rings (SSSR count). The van der Waals surface area contributed by atoms with Crippen LogP contribution in [0.1, 0.15) is 89.2 Å². The number of hydrogen-bond acceptors (Lipinski definition) is 4. The normalized spacial score (nSPS) is 12.6. The van der Waals surface area contributed by atoms with E-state index in [0.29, 0.717) is 17.1 Å². The highest BCUT2D eigenvalue weighted by Crippen LogP contribution is 2.39. The summed E-state index contributed by atoms with van der Waals surface area (Å²) in [5.74, 6) is 0.704. The van der Waals surface area contributed by atoms with E-state index in [1.54, 1.807) is 18.2 Å². The Balaban J connectivity index is 1.47. The molecule has 1 heterocycles. The Labute approximate surface area is 286 Å². The Morgan fingerprint density at radius 1 is 0.913 bits per heavy atom. The molecule has 0 saturated heterocycles. The van der Waals surface area contributed by atoms with Crippen molar-refractivity contribution >= 4 is 52.2 Å². The third-order valence-corrected chi connectivity index (χ3v) is 9.63. The van der Waals surface area contributed by atoms with Gasteiger partial charge in [-0.3, -0.25) is 14.7 Å². The average molecular weight is 686 g/mol. The van der Waals surface area contributed by atoms with Crippen molar-refractivity contribution in [3.05, 3.63) is 103 Å². The summed E-state index contributed by atoms with van der Waals surface area (Å²) in [6.07, 6.45) is 2.75. The van der Waals surface area contributed by atoms with Gasteiger partial charge in [-0.2, -0.15) is 0 Å². The molecule has 3 aromatic carbocycles. The summed E-state index contributed by atoms with van der Waals surface area (Å²) in [6, 6.07) is 18.0. The number of benzene rings is 3. The number of nitrogens with zero attached hydrogens (tertiary/aromatic N) is 1. The van der Waals surface area contributed by atoms with Crippen LogP contribution >= 0.6 is 34.8 Å². The van der Waals surface area contributed by atoms with E-state index in [0.717, 1.165) is 35.4 Å². The number of ether oxygens (including phenoxy) is 1. The summed E-state index contributed by atoms with van der Waals surface area (Å²) in [5, 5.41) is 9.74. The lowest BCUT2D eigenvalue weighted by atomic mass is 9.76. The predicted octanol–water partition coefficient (Wildman–Crippen LogP) is 10.0. The minimum atomic E-state index is -0.448. The van der Waals surface area contributed by atoms with Gasteiger partial charge in [-0.1, -0.05) is 101 Å². The molecular weight excluding hydrogens is 643 g/mol. The van der Waals surface area contributed by atoms with Crippen molar-refractivity contribution in [2.24, 2.45) is 0 Å². The average Bonchev–Trinajstić information content (AvgIpc) is 3.37. The van der Waals surface area contributed by atoms with Crippen LogP contribution in [-0.2, 0) is 10.8 Å². The fourth-order valence-corrected chi connectivity index (χ4v) is 5.98. The van der Waals surface area contributed by atoms with Crippen molar-refractivity contribution in [1.29, 1.82) is 0 Å². The topological polar surface area (TPSA) is 88.2 Å². The van der Waals surface area contributed by atoms with Gasteiger partial charge in [0.25, 0.3) is 11.5 Å². The molecule has 1 unspecified atom stereocenters. The zero-order valence-electron chi connectivity index (χ0n) is 27.5. The van der Waals surface area contributed by atoms with Gasteiger partial charge in [0.1, 0.15) is 23.4 Å². The highest BCUT2D eigenvalue weighted by Gasteiger charge is 2.27. The fraction of sp³-hybridized carbons (Fsp3) is 0.389. The molecule has 0 radical (unpaired) electrons. The number of carbonyl (C=O) groups is 1. The molecule has 0 aliphatic heterocycles. The van der Waals surface area contributed by atoms with E-state index in [-0.39, 0.29) is 38.5 Å². The monoisotopic (exact) mass is 684 g/mol. The van der Waals surface area contributed by atoms with Gasteiger partial charge >= 0.3 is 0 Å². The Morgan fingerprint density at radius 2 is 1.59 bits per heavy atom. The number of aromatic amines is 1. The highest BCUT2D eigenvalue weighted by atomic mass is 35.5. The van der Waals surface area contributed by atoms with Gasteiger partial charge in [0.15, 0.2) is 0 Å². The fourth-order valence-electron chi connectivity index (χ4n) is 5.00. The number of hydrogen-bond donors (Lipinski definition) is 3. The van der Waals surface area contributed by atoms with Crippen molar-refractivity contribution in [2.45, 2.75) is 84.7 Å². The number of halogens is 3. The van der Waals surface area contributed by atoms with Crippen molar-refractivity contribution in [1.82, 2.24) is 9.78 Å². The number of carbonyl (C=O) groups excluding carboxylic acids is 1. The van der Waals surface area contributed by atoms with Gasteiger partial charge in [-0.15, -0.1) is 0 Å². The van der Waals surface area contributed by atoms with Crippen LogP contribution in [0.15, 0.2) is 65.5 Å². The van der Waals surface area contributed by atoms with Gasteiger partial charge in [0.05, 0.1) is 16.6 Å². The van der Waals surface area contributed by atoms with E-state index < -0.39 is 11.5 Å². The van der Waals surface area contributed by atoms with Gasteiger partial charge in [-0.05, 0) is 72.1 Å². The second-order valence-electron chi connectivity index (χ2n) is 12.8. The quantitative estimate of drug-likeness (QED) is 0.131. The summed E-state index contributed by atoms with van der Waals surface area (Å²) in [7, 11) is 0. The molecule has 0 aliphatic carbocycles. The molecule has 0 saturated carbocycles. The lowest BCUT2D eigenvalue weighted by Gasteiger charge is -2.31. The summed E-state index contributed by atoms with van der Waals surface area (Å²) in [4.78, 5) is 25.8. The first-order valence-corrected chi connectivity index (χ1v) is 16.8. The Morgan fingerprint density at radius 3 is 2.22 bits per heavy atom. The molecule has 46 heavy (non-hydrogen) atoms. The molecule has 3 N–H and O–H groups in total. The maximum absolute atomic E-state index is 13.2. The first-order chi connectivity index (χ1) is 21.7. The molecule has 1 amide bonds. The Bertz CT molecular complexity index is 1740. The van der Waals surface area contributed by atoms with E-state index in [2.05, 4.69) is 82.4 Å². The van der Waals surface area contributed by atoms with Crippen LogP contribution in [0.5, 0.6) is 5.75 Å². The van der Waals surface area contributed by atoms with Crippen molar-refractivity contribution in [2.75, 3.05) is 17.2 Å². The minimum absolute atomic E-state index is 0.0405. The number of amides is 1. The number of anilines is 2. The number of rotatable bonds is 13. The summed E-state index contributed by atoms with van der Waals surface area (Å²) >= 11 is 18.6. The minimum Gasteiger partial charge on any atom is -0.488 e. The van der Waals surface area contributed by atoms with Crippen LogP contribution in [0.4, 0.5) is 11.5 Å². The number of H-pyrrole nitrogens is 1. The van der Waals surface area contributed by atoms with E-state index in [9.17, 15) is 9.59 Å². The third-order valence-electron chi connectivity index (χ3n) is 8.84. The van der Waals surface area contributed by atoms with E-state index in [1.807, 2.05) is 6.07 Å². The Hall–Kier alpha value is -3.39. The Kier molecular flexibility index (Phi) is 11.2. The van der Waals surface area contributed by atoms with E-state index in [4.69, 9.17) is 39.5 Å². The second kappa shape index (κ2) is 14.6. The van der Waals surface area contributed by atoms with Gasteiger partial charge in [0.2, 0.25) is 0 Å². The third kappa shape index (κ3) is 8.11. The molecule has 4 aromatic rings. The summed E-state index contributed by atoms with van der Waals surface area (Å²) in [5.41, 5.74) is 3.56. The predicted molar refractivity (Wildman–Crippen MR) is 192 cm³/mol. The van der Waals surface area contributed by atoms with Gasteiger partial charge in [-0.25, -0.2) is 4.68 Å². The molecular formula is C36H43Cl3N4O3. The van der Waals surface area contributed by atoms with Crippen LogP contribution in [0, 0.1) is 0 Å². The maximum Gasteiger partial charge on any atom is 0.273 e. The van der Waals surface area contributed by atoms with E-state index in [1.165, 1.54) is 29.3 Å². The SMILES string of the molecule is CCC(CNc1cccc(C(=O)Nc2cc(=O)n(-c3c(Cl)cc(Cl)cc3Cl)[nH]2)c1)Oc1ccc(C(C)(C)CC)cc1C(C)(C)CC. The van der Waals surface area contributed by atoms with Crippen LogP contribution in [0.3, 0.4) is 0 Å². The molecule has 7 nitrogen and oxygen atoms in total. The molecule has 0 spiro atoms. The molecule has 1 aromatic heterocycles. The molecule has 1 atom stereocenters. The van der Waals surface area contributed by atoms with E-state index >= 15 is 0 Å². The zero-order valence-corrected chi connectivity index (χ0v) is 29.8. The standard InChI is InChI=1S/C36H43Cl3N4O3/c1-8-26(46-30-15-14-23(35(4,5)9-2)17-27(30)36(6,7)10-3)21-40-25-13-11-12-22(16-25)34(45)41-31-20-32(44)43(42-31)33-28(38)18-24(37)19-29(33)39/h11-20,26,40,42H,8-10,21H2,1-7H3,(H,41,45). The van der Waals surface area contributed by atoms with Crippen molar-refractivity contribution in [3.8, 4) is 11.4 Å². The van der Waals surface area contributed by atoms with Crippen molar-refractivity contribution < 1.29 is 9.53 Å². The van der Waals surface area contributed by atoms with Crippen molar-refractivity contribution in [3.63, 3.8) is 0 Å². The largest absolute Gasteiger partial charge is 0.488 e. The van der Waals surface area contributed by atoms with Crippen LogP contribution in [0.2, 0.25) is 15.1 Å². The van der Waals surface area contributed by atoms with Gasteiger partial charge < -0.3 is 15.4 Å². The van der Waals surface area contributed by atoms with Crippen LogP contribution in [0.25, 0.3) is 5.69 Å². The van der Waals surface area contributed by atoms with Crippen LogP contribution in [-0.4, -0.2) is 28.3 Å². The first kappa shape index (κ1) is 35.5. The first-order valence-electron chi connectivity index (χ1n) is 15.6. The zero-order chi connectivity index (χ0) is 33.8. The highest BCUT2D eigenvalue weighted by molar-refractivity contribution is 6.40. The molecule has 0 bridgehead atoms. The van der Waals surface area contributed by atoms with Gasteiger partial charge in [0, 0.05) is 27.9 Å². The molecule has 0 fully saturated rings.